The summed E-state index contributed by atoms with van der Waals surface area (Å²) in [5.41, 5.74) is 1.62. The Morgan fingerprint density at radius 1 is 1.16 bits per heavy atom. The zero-order valence-electron chi connectivity index (χ0n) is 18.2. The molecule has 1 unspecified atom stereocenters. The number of amides is 1. The number of rotatable bonds is 5. The molecular formula is C23H27ClN4O3S. The van der Waals surface area contributed by atoms with Crippen LogP contribution in [0.15, 0.2) is 57.8 Å². The van der Waals surface area contributed by atoms with Crippen molar-refractivity contribution >= 4 is 33.4 Å². The molecule has 1 amide bonds. The molecule has 0 aliphatic carbocycles. The zero-order chi connectivity index (χ0) is 22.9. The summed E-state index contributed by atoms with van der Waals surface area (Å²) in [4.78, 5) is 17.1. The quantitative estimate of drug-likeness (QED) is 0.720. The molecule has 0 spiro atoms. The average molecular weight is 475 g/mol. The van der Waals surface area contributed by atoms with Crippen LogP contribution in [0, 0.1) is 5.92 Å². The van der Waals surface area contributed by atoms with Crippen molar-refractivity contribution in [3.05, 3.63) is 64.7 Å². The second-order valence-corrected chi connectivity index (χ2v) is 10.4. The molecule has 2 aromatic rings. The molecule has 0 saturated carbocycles. The Bertz CT molecular complexity index is 1140. The third kappa shape index (κ3) is 4.53. The van der Waals surface area contributed by atoms with E-state index in [1.54, 1.807) is 18.2 Å². The van der Waals surface area contributed by atoms with Gasteiger partial charge in [-0.05, 0) is 50.7 Å². The van der Waals surface area contributed by atoms with Gasteiger partial charge in [-0.3, -0.25) is 4.79 Å². The normalized spacial score (nSPS) is 18.9. The summed E-state index contributed by atoms with van der Waals surface area (Å²) < 4.78 is 28.7. The van der Waals surface area contributed by atoms with Gasteiger partial charge in [0.15, 0.2) is 5.84 Å². The fourth-order valence-electron chi connectivity index (χ4n) is 4.33. The van der Waals surface area contributed by atoms with E-state index in [0.717, 1.165) is 5.56 Å². The van der Waals surface area contributed by atoms with Crippen LogP contribution in [0.25, 0.3) is 0 Å². The summed E-state index contributed by atoms with van der Waals surface area (Å²) >= 11 is 6.36. The van der Waals surface area contributed by atoms with Crippen LogP contribution in [-0.2, 0) is 14.8 Å². The Balaban J connectivity index is 1.37. The lowest BCUT2D eigenvalue weighted by molar-refractivity contribution is -0.126. The van der Waals surface area contributed by atoms with Gasteiger partial charge in [0.25, 0.3) is 10.0 Å². The van der Waals surface area contributed by atoms with Gasteiger partial charge in [0.1, 0.15) is 4.90 Å². The molecule has 1 saturated heterocycles. The number of hydrogen-bond donors (Lipinski definition) is 1. The zero-order valence-corrected chi connectivity index (χ0v) is 19.7. The largest absolute Gasteiger partial charge is 0.355 e. The molecule has 9 heteroatoms. The minimum Gasteiger partial charge on any atom is -0.355 e. The van der Waals surface area contributed by atoms with Crippen molar-refractivity contribution < 1.29 is 13.2 Å². The Kier molecular flexibility index (Phi) is 6.55. The number of hydrogen-bond acceptors (Lipinski definition) is 5. The molecule has 2 aliphatic heterocycles. The van der Waals surface area contributed by atoms with E-state index in [4.69, 9.17) is 11.6 Å². The Labute approximate surface area is 194 Å². The van der Waals surface area contributed by atoms with Crippen molar-refractivity contribution in [2.24, 2.45) is 10.3 Å². The highest BCUT2D eigenvalue weighted by Crippen LogP contribution is 2.30. The minimum absolute atomic E-state index is 0.0185. The fraction of sp³-hybridized carbons (Fsp3) is 0.391. The molecule has 1 atom stereocenters. The van der Waals surface area contributed by atoms with E-state index in [9.17, 15) is 13.2 Å². The number of amidine groups is 1. The number of likely N-dealkylation sites (tertiary alicyclic amines) is 1. The average Bonchev–Trinajstić information content (AvgIpc) is 3.06. The molecule has 1 N–H and O–H groups in total. The number of carbonyl (C=O) groups is 1. The lowest BCUT2D eigenvalue weighted by Crippen LogP contribution is -2.44. The minimum atomic E-state index is -3.64. The molecule has 1 fully saturated rings. The van der Waals surface area contributed by atoms with Crippen LogP contribution >= 0.6 is 11.6 Å². The van der Waals surface area contributed by atoms with Gasteiger partial charge in [-0.25, -0.2) is 0 Å². The maximum atomic E-state index is 12.9. The third-order valence-corrected chi connectivity index (χ3v) is 7.80. The molecule has 7 nitrogen and oxygen atoms in total. The molecule has 170 valence electrons. The Morgan fingerprint density at radius 2 is 1.81 bits per heavy atom. The number of benzene rings is 2. The van der Waals surface area contributed by atoms with Crippen molar-refractivity contribution in [1.29, 1.82) is 0 Å². The second kappa shape index (κ2) is 9.21. The lowest BCUT2D eigenvalue weighted by atomic mass is 9.95. The summed E-state index contributed by atoms with van der Waals surface area (Å²) in [6.45, 7) is 1.64. The molecule has 2 heterocycles. The highest BCUT2D eigenvalue weighted by Gasteiger charge is 2.34. The smallest absolute Gasteiger partial charge is 0.285 e. The van der Waals surface area contributed by atoms with Gasteiger partial charge in [-0.15, -0.1) is 4.40 Å². The van der Waals surface area contributed by atoms with Gasteiger partial charge in [0.05, 0.1) is 6.04 Å². The predicted molar refractivity (Wildman–Crippen MR) is 125 cm³/mol. The number of carbonyl (C=O) groups excluding carboxylic acids is 1. The first-order chi connectivity index (χ1) is 15.3. The number of halogens is 1. The topological polar surface area (TPSA) is 82.1 Å². The van der Waals surface area contributed by atoms with Crippen molar-refractivity contribution in [3.63, 3.8) is 0 Å². The predicted octanol–water partition coefficient (Wildman–Crippen LogP) is 2.92. The van der Waals surface area contributed by atoms with Crippen molar-refractivity contribution in [2.75, 3.05) is 33.7 Å². The molecule has 0 radical (unpaired) electrons. The summed E-state index contributed by atoms with van der Waals surface area (Å²) in [6.07, 6.45) is 1.29. The van der Waals surface area contributed by atoms with Crippen LogP contribution < -0.4 is 5.32 Å². The maximum Gasteiger partial charge on any atom is 0.285 e. The highest BCUT2D eigenvalue weighted by molar-refractivity contribution is 7.90. The number of nitrogens with one attached hydrogen (secondary N) is 1. The van der Waals surface area contributed by atoms with Crippen LogP contribution in [0.3, 0.4) is 0 Å². The third-order valence-electron chi connectivity index (χ3n) is 6.14. The van der Waals surface area contributed by atoms with Crippen molar-refractivity contribution in [2.45, 2.75) is 23.8 Å². The first kappa shape index (κ1) is 22.8. The van der Waals surface area contributed by atoms with Crippen LogP contribution in [0.5, 0.6) is 0 Å². The number of piperidine rings is 1. The number of likely N-dealkylation sites (N-methyl/N-ethyl adjacent to an activating group) is 1. The van der Waals surface area contributed by atoms with Crippen LogP contribution in [-0.4, -0.2) is 63.7 Å². The SMILES string of the molecule is CN(C)C(CNC(=O)C1CCN(C2=NS(=O)(=O)c3ccccc32)CC1)c1ccccc1Cl. The lowest BCUT2D eigenvalue weighted by Gasteiger charge is -2.33. The molecular weight excluding hydrogens is 448 g/mol. The number of nitrogens with zero attached hydrogens (tertiary/aromatic N) is 3. The molecule has 0 aromatic heterocycles. The summed E-state index contributed by atoms with van der Waals surface area (Å²) in [6, 6.07) is 14.5. The van der Waals surface area contributed by atoms with Gasteiger partial charge in [-0.1, -0.05) is 41.9 Å². The monoisotopic (exact) mass is 474 g/mol. The first-order valence-electron chi connectivity index (χ1n) is 10.7. The van der Waals surface area contributed by atoms with Gasteiger partial charge in [-0.2, -0.15) is 8.42 Å². The number of sulfonamides is 1. The molecule has 0 bridgehead atoms. The van der Waals surface area contributed by atoms with Crippen LogP contribution in [0.4, 0.5) is 0 Å². The van der Waals surface area contributed by atoms with E-state index < -0.39 is 10.0 Å². The maximum absolute atomic E-state index is 12.9. The summed E-state index contributed by atoms with van der Waals surface area (Å²) in [5, 5.41) is 3.77. The van der Waals surface area contributed by atoms with E-state index in [2.05, 4.69) is 9.71 Å². The molecule has 2 aliphatic rings. The standard InChI is InChI=1S/C23H27ClN4O3S/c1-27(2)20(17-7-3-5-9-19(17)24)15-25-23(29)16-11-13-28(14-12-16)22-18-8-4-6-10-21(18)32(30,31)26-22/h3-10,16,20H,11-15H2,1-2H3,(H,25,29). The van der Waals surface area contributed by atoms with E-state index in [0.29, 0.717) is 48.9 Å². The highest BCUT2D eigenvalue weighted by atomic mass is 35.5. The van der Waals surface area contributed by atoms with Gasteiger partial charge >= 0.3 is 0 Å². The fourth-order valence-corrected chi connectivity index (χ4v) is 5.82. The summed E-state index contributed by atoms with van der Waals surface area (Å²) in [5.74, 6) is 0.393. The Hall–Kier alpha value is -2.42. The van der Waals surface area contributed by atoms with Crippen LogP contribution in [0.1, 0.15) is 30.0 Å². The number of fused-ring (bicyclic) bond motifs is 1. The first-order valence-corrected chi connectivity index (χ1v) is 12.5. The molecule has 2 aromatic carbocycles. The van der Waals surface area contributed by atoms with E-state index in [-0.39, 0.29) is 22.8 Å². The van der Waals surface area contributed by atoms with E-state index >= 15 is 0 Å². The van der Waals surface area contributed by atoms with Crippen LogP contribution in [0.2, 0.25) is 5.02 Å². The van der Waals surface area contributed by atoms with Crippen molar-refractivity contribution in [1.82, 2.24) is 15.1 Å². The van der Waals surface area contributed by atoms with E-state index in [1.807, 2.05) is 54.2 Å². The Morgan fingerprint density at radius 3 is 2.50 bits per heavy atom. The second-order valence-electron chi connectivity index (χ2n) is 8.39. The van der Waals surface area contributed by atoms with E-state index in [1.165, 1.54) is 0 Å². The van der Waals surface area contributed by atoms with Gasteiger partial charge in [0.2, 0.25) is 5.91 Å². The molecule has 4 rings (SSSR count). The molecule has 32 heavy (non-hydrogen) atoms. The van der Waals surface area contributed by atoms with Crippen molar-refractivity contribution in [3.8, 4) is 0 Å². The van der Waals surface area contributed by atoms with Gasteiger partial charge < -0.3 is 15.1 Å². The van der Waals surface area contributed by atoms with Gasteiger partial charge in [0, 0.05) is 36.1 Å². The summed E-state index contributed by atoms with van der Waals surface area (Å²) in [7, 11) is 0.292.